The van der Waals surface area contributed by atoms with Crippen molar-refractivity contribution in [2.75, 3.05) is 0 Å². The van der Waals surface area contributed by atoms with Crippen LogP contribution in [-0.2, 0) is 6.42 Å². The van der Waals surface area contributed by atoms with E-state index in [9.17, 15) is 35.7 Å². The quantitative estimate of drug-likeness (QED) is 0.195. The first-order chi connectivity index (χ1) is 18.7. The monoisotopic (exact) mass is 530 g/mol. The number of aliphatic hydroxyl groups is 2. The Morgan fingerprint density at radius 3 is 2.00 bits per heavy atom. The van der Waals surface area contributed by atoms with Gasteiger partial charge in [0.05, 0.1) is 6.10 Å². The molecule has 9 nitrogen and oxygen atoms in total. The smallest absolute Gasteiger partial charge is 0.157 e. The van der Waals surface area contributed by atoms with Crippen LogP contribution >= 0.6 is 0 Å². The number of hydrogen-bond acceptors (Lipinski definition) is 9. The second-order valence-electron chi connectivity index (χ2n) is 9.86. The minimum atomic E-state index is -1.15. The summed E-state index contributed by atoms with van der Waals surface area (Å²) in [7, 11) is 0. The number of hydrogen-bond donors (Lipinski definition) is 7. The Morgan fingerprint density at radius 1 is 0.590 bits per heavy atom. The molecule has 0 saturated carbocycles. The molecule has 0 spiro atoms. The van der Waals surface area contributed by atoms with E-state index in [-0.39, 0.29) is 40.9 Å². The number of phenols is 5. The average Bonchev–Trinajstić information content (AvgIpc) is 2.91. The third-order valence-corrected chi connectivity index (χ3v) is 7.40. The molecule has 0 bridgehead atoms. The van der Waals surface area contributed by atoms with Crippen molar-refractivity contribution in [2.24, 2.45) is 0 Å². The second-order valence-corrected chi connectivity index (χ2v) is 9.86. The second kappa shape index (κ2) is 9.30. The highest BCUT2D eigenvalue weighted by atomic mass is 16.5. The molecule has 39 heavy (non-hydrogen) atoms. The van der Waals surface area contributed by atoms with Gasteiger partial charge in [-0.05, 0) is 47.5 Å². The normalized spacial score (nSPS) is 23.7. The molecule has 7 N–H and O–H groups in total. The molecular formula is C30H26O9. The average molecular weight is 531 g/mol. The van der Waals surface area contributed by atoms with Gasteiger partial charge in [-0.3, -0.25) is 0 Å². The largest absolute Gasteiger partial charge is 0.508 e. The maximum Gasteiger partial charge on any atom is 0.157 e. The van der Waals surface area contributed by atoms with Crippen LogP contribution < -0.4 is 9.47 Å². The fraction of sp³-hybridized carbons (Fsp3) is 0.200. The van der Waals surface area contributed by atoms with E-state index in [0.717, 1.165) is 0 Å². The van der Waals surface area contributed by atoms with E-state index in [1.807, 2.05) is 0 Å². The summed E-state index contributed by atoms with van der Waals surface area (Å²) in [6.07, 6.45) is -3.99. The number of aromatic hydroxyl groups is 5. The molecule has 6 rings (SSSR count). The zero-order valence-electron chi connectivity index (χ0n) is 20.5. The van der Waals surface area contributed by atoms with Crippen LogP contribution in [0, 0.1) is 0 Å². The summed E-state index contributed by atoms with van der Waals surface area (Å²) in [4.78, 5) is 0. The molecule has 2 aliphatic rings. The summed E-state index contributed by atoms with van der Waals surface area (Å²) in [5.74, 6) is -0.830. The van der Waals surface area contributed by atoms with Gasteiger partial charge in [0, 0.05) is 35.1 Å². The van der Waals surface area contributed by atoms with Gasteiger partial charge in [-0.1, -0.05) is 30.3 Å². The lowest BCUT2D eigenvalue weighted by Gasteiger charge is -2.40. The van der Waals surface area contributed by atoms with Crippen molar-refractivity contribution in [3.8, 4) is 40.2 Å². The molecule has 4 aromatic rings. The maximum absolute atomic E-state index is 11.7. The minimum Gasteiger partial charge on any atom is -0.508 e. The zero-order chi connectivity index (χ0) is 27.4. The van der Waals surface area contributed by atoms with Crippen molar-refractivity contribution in [1.82, 2.24) is 0 Å². The van der Waals surface area contributed by atoms with E-state index in [0.29, 0.717) is 33.6 Å². The topological polar surface area (TPSA) is 160 Å². The van der Waals surface area contributed by atoms with Crippen LogP contribution in [0.25, 0.3) is 0 Å². The van der Waals surface area contributed by atoms with Gasteiger partial charge in [-0.2, -0.15) is 0 Å². The predicted octanol–water partition coefficient (Wildman–Crippen LogP) is 3.88. The number of aliphatic hydroxyl groups excluding tert-OH is 2. The lowest BCUT2D eigenvalue weighted by atomic mass is 9.78. The Morgan fingerprint density at radius 2 is 1.26 bits per heavy atom. The van der Waals surface area contributed by atoms with Crippen molar-refractivity contribution in [3.05, 3.63) is 101 Å². The van der Waals surface area contributed by atoms with Crippen molar-refractivity contribution < 1.29 is 45.2 Å². The first kappa shape index (κ1) is 24.7. The lowest BCUT2D eigenvalue weighted by Crippen LogP contribution is -2.36. The van der Waals surface area contributed by atoms with Crippen molar-refractivity contribution in [1.29, 1.82) is 0 Å². The van der Waals surface area contributed by atoms with Crippen LogP contribution in [0.2, 0.25) is 0 Å². The predicted molar refractivity (Wildman–Crippen MR) is 138 cm³/mol. The van der Waals surface area contributed by atoms with Crippen molar-refractivity contribution in [2.45, 2.75) is 36.8 Å². The van der Waals surface area contributed by atoms with Crippen LogP contribution in [0.3, 0.4) is 0 Å². The summed E-state index contributed by atoms with van der Waals surface area (Å²) in [5, 5.41) is 73.0. The Labute approximate surface area is 223 Å². The van der Waals surface area contributed by atoms with Crippen molar-refractivity contribution >= 4 is 0 Å². The highest BCUT2D eigenvalue weighted by Crippen LogP contribution is 2.52. The highest BCUT2D eigenvalue weighted by molar-refractivity contribution is 5.59. The molecule has 200 valence electrons. The fourth-order valence-electron chi connectivity index (χ4n) is 5.47. The van der Waals surface area contributed by atoms with Crippen LogP contribution in [0.5, 0.6) is 40.2 Å². The molecule has 0 radical (unpaired) electrons. The van der Waals surface area contributed by atoms with Gasteiger partial charge in [0.2, 0.25) is 0 Å². The lowest BCUT2D eigenvalue weighted by molar-refractivity contribution is 0.00253. The molecule has 4 aromatic carbocycles. The highest BCUT2D eigenvalue weighted by Gasteiger charge is 2.43. The molecule has 5 atom stereocenters. The Kier molecular flexibility index (Phi) is 5.90. The molecule has 9 heteroatoms. The summed E-state index contributed by atoms with van der Waals surface area (Å²) in [5.41, 5.74) is 2.48. The van der Waals surface area contributed by atoms with Crippen molar-refractivity contribution in [3.63, 3.8) is 0 Å². The van der Waals surface area contributed by atoms with Gasteiger partial charge in [-0.15, -0.1) is 0 Å². The Bertz CT molecular complexity index is 1550. The van der Waals surface area contributed by atoms with Gasteiger partial charge in [0.15, 0.2) is 17.6 Å². The molecule has 0 saturated heterocycles. The fourth-order valence-corrected chi connectivity index (χ4v) is 5.47. The molecule has 0 aromatic heterocycles. The third-order valence-electron chi connectivity index (χ3n) is 7.40. The SMILES string of the molecule is Oc1ccc([C@H]2Oc3cc(O)ccc3[C@H](c3ccc(O)c4c3O[C@H](c3ccc(O)c(O)c3)[C@@H](O)C4)[C@@H]2O)cc1. The molecule has 0 fully saturated rings. The van der Waals surface area contributed by atoms with Gasteiger partial charge >= 0.3 is 0 Å². The summed E-state index contributed by atoms with van der Waals surface area (Å²) >= 11 is 0. The standard InChI is InChI=1S/C30H26O9/c31-16-4-1-14(2-5-16)29-27(37)26(18-7-6-17(32)12-25(18)38-29)19-8-10-21(33)20-13-24(36)28(39-30(19)20)15-3-9-22(34)23(35)11-15/h1-12,24,26-29,31-37H,13H2/t24-,26+,27-,28+,29+/m0/s1. The molecule has 2 heterocycles. The molecule has 2 aliphatic heterocycles. The van der Waals surface area contributed by atoms with Crippen LogP contribution in [0.1, 0.15) is 45.9 Å². The number of fused-ring (bicyclic) bond motifs is 2. The van der Waals surface area contributed by atoms with E-state index in [1.165, 1.54) is 48.5 Å². The zero-order valence-corrected chi connectivity index (χ0v) is 20.5. The molecule has 0 unspecified atom stereocenters. The van der Waals surface area contributed by atoms with E-state index in [2.05, 4.69) is 0 Å². The van der Waals surface area contributed by atoms with E-state index in [1.54, 1.807) is 24.3 Å². The van der Waals surface area contributed by atoms with Gasteiger partial charge in [0.25, 0.3) is 0 Å². The van der Waals surface area contributed by atoms with Gasteiger partial charge in [-0.25, -0.2) is 0 Å². The molecular weight excluding hydrogens is 504 g/mol. The number of benzene rings is 4. The Balaban J connectivity index is 1.49. The van der Waals surface area contributed by atoms with Gasteiger partial charge in [0.1, 0.15) is 41.0 Å². The summed E-state index contributed by atoms with van der Waals surface area (Å²) in [6, 6.07) is 18.1. The maximum atomic E-state index is 11.7. The summed E-state index contributed by atoms with van der Waals surface area (Å²) < 4.78 is 12.4. The van der Waals surface area contributed by atoms with E-state index < -0.39 is 30.3 Å². The van der Waals surface area contributed by atoms with Crippen LogP contribution in [0.15, 0.2) is 72.8 Å². The molecule has 0 amide bonds. The number of rotatable bonds is 3. The first-order valence-corrected chi connectivity index (χ1v) is 12.4. The summed E-state index contributed by atoms with van der Waals surface area (Å²) in [6.45, 7) is 0. The van der Waals surface area contributed by atoms with Crippen LogP contribution in [0.4, 0.5) is 0 Å². The minimum absolute atomic E-state index is 0.0207. The number of ether oxygens (including phenoxy) is 2. The Hall–Kier alpha value is -4.60. The third kappa shape index (κ3) is 4.21. The van der Waals surface area contributed by atoms with Crippen LogP contribution in [-0.4, -0.2) is 48.0 Å². The van der Waals surface area contributed by atoms with Gasteiger partial charge < -0.3 is 45.2 Å². The first-order valence-electron chi connectivity index (χ1n) is 12.4. The van der Waals surface area contributed by atoms with E-state index >= 15 is 0 Å². The number of phenolic OH excluding ortho intramolecular Hbond substituents is 5. The molecule has 0 aliphatic carbocycles. The van der Waals surface area contributed by atoms with E-state index in [4.69, 9.17) is 9.47 Å².